The summed E-state index contributed by atoms with van der Waals surface area (Å²) in [7, 11) is 0. The SMILES string of the molecule is CCOC(C)(C=O)C(F)(F)F. The lowest BCUT2D eigenvalue weighted by molar-refractivity contribution is -0.253. The number of aldehydes is 1. The quantitative estimate of drug-likeness (QED) is 0.600. The maximum Gasteiger partial charge on any atom is 0.424 e. The average molecular weight is 170 g/mol. The van der Waals surface area contributed by atoms with Gasteiger partial charge in [-0.05, 0) is 13.8 Å². The molecule has 0 saturated heterocycles. The Morgan fingerprint density at radius 2 is 1.91 bits per heavy atom. The number of hydrogen-bond acceptors (Lipinski definition) is 2. The fourth-order valence-corrected chi connectivity index (χ4v) is 0.483. The van der Waals surface area contributed by atoms with Gasteiger partial charge in [0.05, 0.1) is 0 Å². The first kappa shape index (κ1) is 10.4. The van der Waals surface area contributed by atoms with Crippen LogP contribution < -0.4 is 0 Å². The Kier molecular flexibility index (Phi) is 3.04. The van der Waals surface area contributed by atoms with Crippen LogP contribution in [0.3, 0.4) is 0 Å². The molecule has 0 aliphatic carbocycles. The van der Waals surface area contributed by atoms with E-state index in [1.807, 2.05) is 0 Å². The topological polar surface area (TPSA) is 26.3 Å². The van der Waals surface area contributed by atoms with Crippen molar-refractivity contribution in [3.05, 3.63) is 0 Å². The van der Waals surface area contributed by atoms with Crippen LogP contribution in [0.4, 0.5) is 13.2 Å². The summed E-state index contributed by atoms with van der Waals surface area (Å²) >= 11 is 0. The molecule has 0 rings (SSSR count). The second kappa shape index (κ2) is 3.21. The molecular weight excluding hydrogens is 161 g/mol. The van der Waals surface area contributed by atoms with Crippen molar-refractivity contribution in [3.8, 4) is 0 Å². The van der Waals surface area contributed by atoms with Crippen LogP contribution in [-0.4, -0.2) is 24.7 Å². The summed E-state index contributed by atoms with van der Waals surface area (Å²) in [6, 6.07) is 0. The van der Waals surface area contributed by atoms with Gasteiger partial charge in [-0.2, -0.15) is 13.2 Å². The van der Waals surface area contributed by atoms with E-state index in [2.05, 4.69) is 4.74 Å². The minimum Gasteiger partial charge on any atom is -0.359 e. The molecule has 0 N–H and O–H groups in total. The Balaban J connectivity index is 4.46. The summed E-state index contributed by atoms with van der Waals surface area (Å²) in [5.74, 6) is 0. The monoisotopic (exact) mass is 170 g/mol. The molecule has 0 heterocycles. The van der Waals surface area contributed by atoms with Crippen molar-refractivity contribution < 1.29 is 22.7 Å². The van der Waals surface area contributed by atoms with Crippen LogP contribution in [0.2, 0.25) is 0 Å². The van der Waals surface area contributed by atoms with Gasteiger partial charge in [0, 0.05) is 6.61 Å². The molecular formula is C6H9F3O2. The van der Waals surface area contributed by atoms with E-state index in [0.29, 0.717) is 6.92 Å². The molecule has 5 heteroatoms. The number of alkyl halides is 3. The first-order valence-corrected chi connectivity index (χ1v) is 3.04. The molecule has 0 saturated carbocycles. The highest BCUT2D eigenvalue weighted by Crippen LogP contribution is 2.31. The second-order valence-electron chi connectivity index (χ2n) is 2.16. The highest BCUT2D eigenvalue weighted by molar-refractivity contribution is 5.63. The Morgan fingerprint density at radius 1 is 1.45 bits per heavy atom. The van der Waals surface area contributed by atoms with E-state index in [1.54, 1.807) is 0 Å². The van der Waals surface area contributed by atoms with Crippen LogP contribution in [0.15, 0.2) is 0 Å². The van der Waals surface area contributed by atoms with Crippen molar-refractivity contribution in [2.24, 2.45) is 0 Å². The third-order valence-corrected chi connectivity index (χ3v) is 1.23. The van der Waals surface area contributed by atoms with Crippen LogP contribution in [0.5, 0.6) is 0 Å². The van der Waals surface area contributed by atoms with Gasteiger partial charge >= 0.3 is 6.18 Å². The predicted octanol–water partition coefficient (Wildman–Crippen LogP) is 1.54. The molecule has 0 aromatic carbocycles. The fourth-order valence-electron chi connectivity index (χ4n) is 0.483. The van der Waals surface area contributed by atoms with Crippen LogP contribution in [-0.2, 0) is 9.53 Å². The lowest BCUT2D eigenvalue weighted by atomic mass is 10.1. The highest BCUT2D eigenvalue weighted by atomic mass is 19.4. The molecule has 0 aromatic heterocycles. The summed E-state index contributed by atoms with van der Waals surface area (Å²) < 4.78 is 40.1. The van der Waals surface area contributed by atoms with Crippen molar-refractivity contribution in [2.45, 2.75) is 25.6 Å². The largest absolute Gasteiger partial charge is 0.424 e. The van der Waals surface area contributed by atoms with Crippen molar-refractivity contribution in [1.29, 1.82) is 0 Å². The number of halogens is 3. The molecule has 2 nitrogen and oxygen atoms in total. The lowest BCUT2D eigenvalue weighted by Crippen LogP contribution is -2.46. The summed E-state index contributed by atoms with van der Waals surface area (Å²) in [5, 5.41) is 0. The third kappa shape index (κ3) is 2.18. The molecule has 0 aliphatic rings. The van der Waals surface area contributed by atoms with Crippen molar-refractivity contribution in [2.75, 3.05) is 6.61 Å². The first-order valence-electron chi connectivity index (χ1n) is 3.04. The van der Waals surface area contributed by atoms with E-state index >= 15 is 0 Å². The van der Waals surface area contributed by atoms with E-state index in [9.17, 15) is 18.0 Å². The zero-order valence-electron chi connectivity index (χ0n) is 6.23. The fraction of sp³-hybridized carbons (Fsp3) is 0.833. The molecule has 11 heavy (non-hydrogen) atoms. The number of carbonyl (C=O) groups is 1. The number of carbonyl (C=O) groups excluding carboxylic acids is 1. The smallest absolute Gasteiger partial charge is 0.359 e. The van der Waals surface area contributed by atoms with Crippen molar-refractivity contribution in [1.82, 2.24) is 0 Å². The minimum absolute atomic E-state index is 0.144. The minimum atomic E-state index is -4.63. The maximum absolute atomic E-state index is 11.9. The number of ether oxygens (including phenoxy) is 1. The van der Waals surface area contributed by atoms with E-state index in [4.69, 9.17) is 0 Å². The van der Waals surface area contributed by atoms with Gasteiger partial charge in [-0.3, -0.25) is 4.79 Å². The molecule has 0 aromatic rings. The van der Waals surface area contributed by atoms with Gasteiger partial charge in [-0.25, -0.2) is 0 Å². The molecule has 1 atom stereocenters. The summed E-state index contributed by atoms with van der Waals surface area (Å²) in [6.07, 6.45) is -4.87. The van der Waals surface area contributed by atoms with Gasteiger partial charge in [0.25, 0.3) is 0 Å². The molecule has 0 spiro atoms. The van der Waals surface area contributed by atoms with Crippen molar-refractivity contribution >= 4 is 6.29 Å². The summed E-state index contributed by atoms with van der Waals surface area (Å²) in [6.45, 7) is 1.95. The first-order chi connectivity index (χ1) is 4.87. The Morgan fingerprint density at radius 3 is 2.00 bits per heavy atom. The van der Waals surface area contributed by atoms with E-state index in [1.165, 1.54) is 6.92 Å². The van der Waals surface area contributed by atoms with Gasteiger partial charge in [0.1, 0.15) is 0 Å². The second-order valence-corrected chi connectivity index (χ2v) is 2.16. The zero-order chi connectivity index (χ0) is 9.12. The molecule has 66 valence electrons. The molecule has 0 radical (unpaired) electrons. The van der Waals surface area contributed by atoms with E-state index in [-0.39, 0.29) is 12.9 Å². The summed E-state index contributed by atoms with van der Waals surface area (Å²) in [5.41, 5.74) is -2.65. The van der Waals surface area contributed by atoms with E-state index < -0.39 is 11.8 Å². The number of rotatable bonds is 3. The standard InChI is InChI=1S/C6H9F3O2/c1-3-11-5(2,4-10)6(7,8)9/h4H,3H2,1-2H3. The van der Waals surface area contributed by atoms with Crippen LogP contribution in [0.1, 0.15) is 13.8 Å². The van der Waals surface area contributed by atoms with Gasteiger partial charge in [0.2, 0.25) is 5.60 Å². The van der Waals surface area contributed by atoms with Gasteiger partial charge < -0.3 is 4.74 Å². The molecule has 0 bridgehead atoms. The average Bonchev–Trinajstić information content (AvgIpc) is 1.86. The van der Waals surface area contributed by atoms with Crippen LogP contribution >= 0.6 is 0 Å². The predicted molar refractivity (Wildman–Crippen MR) is 32.1 cm³/mol. The molecule has 0 amide bonds. The Labute approximate surface area is 62.3 Å². The molecule has 0 aliphatic heterocycles. The van der Waals surface area contributed by atoms with E-state index in [0.717, 1.165) is 0 Å². The Bertz CT molecular complexity index is 143. The van der Waals surface area contributed by atoms with Gasteiger partial charge in [-0.1, -0.05) is 0 Å². The third-order valence-electron chi connectivity index (χ3n) is 1.23. The molecule has 1 unspecified atom stereocenters. The molecule has 0 fully saturated rings. The normalized spacial score (nSPS) is 17.5. The maximum atomic E-state index is 11.9. The van der Waals surface area contributed by atoms with Gasteiger partial charge in [0.15, 0.2) is 6.29 Å². The number of hydrogen-bond donors (Lipinski definition) is 0. The van der Waals surface area contributed by atoms with Crippen molar-refractivity contribution in [3.63, 3.8) is 0 Å². The zero-order valence-corrected chi connectivity index (χ0v) is 6.23. The van der Waals surface area contributed by atoms with Gasteiger partial charge in [-0.15, -0.1) is 0 Å². The van der Waals surface area contributed by atoms with Crippen LogP contribution in [0, 0.1) is 0 Å². The Hall–Kier alpha value is -0.580. The highest BCUT2D eigenvalue weighted by Gasteiger charge is 2.52. The van der Waals surface area contributed by atoms with Crippen LogP contribution in [0.25, 0.3) is 0 Å². The summed E-state index contributed by atoms with van der Waals surface area (Å²) in [4.78, 5) is 10.0. The lowest BCUT2D eigenvalue weighted by Gasteiger charge is -2.25.